The molecule has 2 rings (SSSR count). The maximum atomic E-state index is 12.0. The number of anilines is 2. The lowest BCUT2D eigenvalue weighted by Crippen LogP contribution is -2.31. The molecule has 0 bridgehead atoms. The van der Waals surface area contributed by atoms with Crippen LogP contribution in [-0.4, -0.2) is 24.5 Å². The van der Waals surface area contributed by atoms with Crippen LogP contribution in [0.1, 0.15) is 12.5 Å². The molecule has 0 spiro atoms. The second-order valence-corrected chi connectivity index (χ2v) is 5.23. The van der Waals surface area contributed by atoms with Crippen LogP contribution >= 0.6 is 0 Å². The van der Waals surface area contributed by atoms with E-state index in [1.165, 1.54) is 0 Å². The van der Waals surface area contributed by atoms with Crippen molar-refractivity contribution < 1.29 is 14.3 Å². The number of benzene rings is 2. The van der Waals surface area contributed by atoms with E-state index < -0.39 is 6.10 Å². The van der Waals surface area contributed by atoms with Crippen molar-refractivity contribution in [1.29, 1.82) is 0 Å². The normalized spacial score (nSPS) is 11.6. The smallest absolute Gasteiger partial charge is 0.253 e. The van der Waals surface area contributed by atoms with Crippen LogP contribution < -0.4 is 10.6 Å². The lowest BCUT2D eigenvalue weighted by Gasteiger charge is -2.13. The number of hydrogen-bond donors (Lipinski definition) is 2. The summed E-state index contributed by atoms with van der Waals surface area (Å²) < 4.78 is 5.32. The zero-order valence-electron chi connectivity index (χ0n) is 13.2. The first kappa shape index (κ1) is 16.7. The average Bonchev–Trinajstić information content (AvgIpc) is 2.53. The number of ether oxygens (including phenoxy) is 1. The molecule has 2 aromatic carbocycles. The van der Waals surface area contributed by atoms with Gasteiger partial charge in [0.25, 0.3) is 5.91 Å². The van der Waals surface area contributed by atoms with Gasteiger partial charge in [0, 0.05) is 11.4 Å². The molecule has 1 atom stereocenters. The molecule has 0 aliphatic carbocycles. The first-order chi connectivity index (χ1) is 11.0. The van der Waals surface area contributed by atoms with Crippen LogP contribution in [0.5, 0.6) is 0 Å². The van der Waals surface area contributed by atoms with E-state index in [1.807, 2.05) is 43.3 Å². The molecule has 0 heterocycles. The lowest BCUT2D eigenvalue weighted by molar-refractivity contribution is -0.131. The van der Waals surface area contributed by atoms with Crippen molar-refractivity contribution in [3.63, 3.8) is 0 Å². The predicted molar refractivity (Wildman–Crippen MR) is 90.3 cm³/mol. The van der Waals surface area contributed by atoms with Gasteiger partial charge in [0.2, 0.25) is 5.91 Å². The zero-order chi connectivity index (χ0) is 16.7. The molecule has 0 aliphatic heterocycles. The Labute approximate surface area is 135 Å². The van der Waals surface area contributed by atoms with E-state index in [9.17, 15) is 9.59 Å². The van der Waals surface area contributed by atoms with Crippen LogP contribution in [0, 0.1) is 6.92 Å². The van der Waals surface area contributed by atoms with E-state index in [1.54, 1.807) is 25.1 Å². The summed E-state index contributed by atoms with van der Waals surface area (Å²) >= 11 is 0. The second-order valence-electron chi connectivity index (χ2n) is 5.23. The third-order valence-corrected chi connectivity index (χ3v) is 3.18. The van der Waals surface area contributed by atoms with E-state index >= 15 is 0 Å². The monoisotopic (exact) mass is 312 g/mol. The highest BCUT2D eigenvalue weighted by Crippen LogP contribution is 2.10. The van der Waals surface area contributed by atoms with Crippen molar-refractivity contribution >= 4 is 23.2 Å². The quantitative estimate of drug-likeness (QED) is 0.861. The third-order valence-electron chi connectivity index (χ3n) is 3.18. The summed E-state index contributed by atoms with van der Waals surface area (Å²) in [6.07, 6.45) is -0.724. The van der Waals surface area contributed by atoms with Crippen molar-refractivity contribution in [1.82, 2.24) is 0 Å². The Hall–Kier alpha value is -2.66. The molecule has 1 unspecified atom stereocenters. The van der Waals surface area contributed by atoms with Gasteiger partial charge in [-0.2, -0.15) is 0 Å². The van der Waals surface area contributed by atoms with E-state index in [0.717, 1.165) is 5.56 Å². The average molecular weight is 312 g/mol. The molecule has 0 saturated carbocycles. The minimum Gasteiger partial charge on any atom is -0.359 e. The molecule has 0 radical (unpaired) electrons. The fourth-order valence-electron chi connectivity index (χ4n) is 1.96. The van der Waals surface area contributed by atoms with E-state index in [-0.39, 0.29) is 18.4 Å². The Morgan fingerprint density at radius 3 is 2.39 bits per heavy atom. The maximum absolute atomic E-state index is 12.0. The van der Waals surface area contributed by atoms with E-state index in [4.69, 9.17) is 4.74 Å². The number of carbonyl (C=O) groups excluding carboxylic acids is 2. The molecule has 0 aromatic heterocycles. The van der Waals surface area contributed by atoms with Crippen LogP contribution in [0.2, 0.25) is 0 Å². The van der Waals surface area contributed by atoms with Crippen molar-refractivity contribution in [2.75, 3.05) is 17.2 Å². The fraction of sp³-hybridized carbons (Fsp3) is 0.222. The molecule has 0 aliphatic rings. The van der Waals surface area contributed by atoms with Gasteiger partial charge >= 0.3 is 0 Å². The van der Waals surface area contributed by atoms with Gasteiger partial charge in [-0.1, -0.05) is 30.3 Å². The van der Waals surface area contributed by atoms with Gasteiger partial charge in [-0.05, 0) is 43.7 Å². The van der Waals surface area contributed by atoms with Crippen LogP contribution in [0.25, 0.3) is 0 Å². The van der Waals surface area contributed by atoms with Gasteiger partial charge < -0.3 is 15.4 Å². The minimum absolute atomic E-state index is 0.183. The van der Waals surface area contributed by atoms with Crippen LogP contribution in [-0.2, 0) is 14.3 Å². The van der Waals surface area contributed by atoms with Crippen molar-refractivity contribution in [3.8, 4) is 0 Å². The Morgan fingerprint density at radius 1 is 1.00 bits per heavy atom. The lowest BCUT2D eigenvalue weighted by atomic mass is 10.2. The molecule has 5 heteroatoms. The molecule has 120 valence electrons. The number of para-hydroxylation sites is 1. The van der Waals surface area contributed by atoms with Crippen LogP contribution in [0.15, 0.2) is 54.6 Å². The third kappa shape index (κ3) is 5.56. The summed E-state index contributed by atoms with van der Waals surface area (Å²) in [5.74, 6) is -0.588. The Bertz CT molecular complexity index is 671. The standard InChI is InChI=1S/C18H20N2O3/c1-13-7-6-10-16(11-13)19-17(21)12-23-14(2)18(22)20-15-8-4-3-5-9-15/h3-11,14H,12H2,1-2H3,(H,19,21)(H,20,22). The van der Waals surface area contributed by atoms with Gasteiger partial charge in [-0.3, -0.25) is 9.59 Å². The molecule has 5 nitrogen and oxygen atoms in total. The van der Waals surface area contributed by atoms with Crippen LogP contribution in [0.4, 0.5) is 11.4 Å². The zero-order valence-corrected chi connectivity index (χ0v) is 13.2. The first-order valence-corrected chi connectivity index (χ1v) is 7.38. The topological polar surface area (TPSA) is 67.4 Å². The van der Waals surface area contributed by atoms with Gasteiger partial charge in [0.1, 0.15) is 12.7 Å². The Kier molecular flexibility index (Phi) is 5.88. The van der Waals surface area contributed by atoms with Crippen molar-refractivity contribution in [2.24, 2.45) is 0 Å². The van der Waals surface area contributed by atoms with E-state index in [2.05, 4.69) is 10.6 Å². The van der Waals surface area contributed by atoms with Crippen LogP contribution in [0.3, 0.4) is 0 Å². The number of rotatable bonds is 6. The number of aryl methyl sites for hydroxylation is 1. The largest absolute Gasteiger partial charge is 0.359 e. The summed E-state index contributed by atoms with van der Waals surface area (Å²) in [5.41, 5.74) is 2.46. The second kappa shape index (κ2) is 8.10. The molecule has 2 N–H and O–H groups in total. The fourth-order valence-corrected chi connectivity index (χ4v) is 1.96. The van der Waals surface area contributed by atoms with Gasteiger partial charge in [-0.25, -0.2) is 0 Å². The highest BCUT2D eigenvalue weighted by molar-refractivity contribution is 5.95. The summed E-state index contributed by atoms with van der Waals surface area (Å²) in [4.78, 5) is 23.8. The number of nitrogens with one attached hydrogen (secondary N) is 2. The summed E-state index contributed by atoms with van der Waals surface area (Å²) in [6, 6.07) is 16.6. The predicted octanol–water partition coefficient (Wildman–Crippen LogP) is 2.98. The van der Waals surface area contributed by atoms with E-state index in [0.29, 0.717) is 11.4 Å². The van der Waals surface area contributed by atoms with Gasteiger partial charge in [-0.15, -0.1) is 0 Å². The summed E-state index contributed by atoms with van der Waals surface area (Å²) in [6.45, 7) is 3.37. The highest BCUT2D eigenvalue weighted by Gasteiger charge is 2.15. The first-order valence-electron chi connectivity index (χ1n) is 7.38. The summed E-state index contributed by atoms with van der Waals surface area (Å²) in [7, 11) is 0. The van der Waals surface area contributed by atoms with Crippen molar-refractivity contribution in [3.05, 3.63) is 60.2 Å². The number of amides is 2. The molecule has 23 heavy (non-hydrogen) atoms. The van der Waals surface area contributed by atoms with Crippen molar-refractivity contribution in [2.45, 2.75) is 20.0 Å². The highest BCUT2D eigenvalue weighted by atomic mass is 16.5. The minimum atomic E-state index is -0.724. The molecular formula is C18H20N2O3. The summed E-state index contributed by atoms with van der Waals surface area (Å²) in [5, 5.41) is 5.46. The van der Waals surface area contributed by atoms with Gasteiger partial charge in [0.15, 0.2) is 0 Å². The molecule has 2 aromatic rings. The number of carbonyl (C=O) groups is 2. The molecule has 0 fully saturated rings. The SMILES string of the molecule is Cc1cccc(NC(=O)COC(C)C(=O)Nc2ccccc2)c1. The van der Waals surface area contributed by atoms with Gasteiger partial charge in [0.05, 0.1) is 0 Å². The molecular weight excluding hydrogens is 292 g/mol. The maximum Gasteiger partial charge on any atom is 0.253 e. The molecule has 0 saturated heterocycles. The Balaban J connectivity index is 1.78. The Morgan fingerprint density at radius 2 is 1.70 bits per heavy atom. The molecule has 2 amide bonds. The number of hydrogen-bond acceptors (Lipinski definition) is 3.